The van der Waals surface area contributed by atoms with Gasteiger partial charge in [-0.1, -0.05) is 12.1 Å². The number of nitro groups is 1. The summed E-state index contributed by atoms with van der Waals surface area (Å²) in [6, 6.07) is 7.04. The molecule has 2 fully saturated rings. The highest BCUT2D eigenvalue weighted by Gasteiger charge is 2.61. The zero-order valence-electron chi connectivity index (χ0n) is 9.30. The average Bonchev–Trinajstić information content (AvgIpc) is 2.92. The van der Waals surface area contributed by atoms with Crippen molar-refractivity contribution in [2.24, 2.45) is 11.0 Å². The van der Waals surface area contributed by atoms with Crippen molar-refractivity contribution in [1.82, 2.24) is 0 Å². The molecule has 0 heterocycles. The first kappa shape index (κ1) is 10.4. The zero-order valence-corrected chi connectivity index (χ0v) is 9.30. The minimum Gasteiger partial charge on any atom is -0.258 e. The Kier molecular flexibility index (Phi) is 2.05. The fourth-order valence-electron chi connectivity index (χ4n) is 3.26. The van der Waals surface area contributed by atoms with E-state index in [1.165, 1.54) is 5.56 Å². The zero-order chi connectivity index (χ0) is 12.0. The molecule has 0 amide bonds. The van der Waals surface area contributed by atoms with Crippen LogP contribution in [0.4, 0.5) is 5.69 Å². The molecular weight excluding hydrogens is 218 g/mol. The molecule has 0 aliphatic heterocycles. The lowest BCUT2D eigenvalue weighted by Crippen LogP contribution is -2.09. The third kappa shape index (κ3) is 1.45. The number of nitrogens with one attached hydrogen (secondary N) is 1. The summed E-state index contributed by atoms with van der Waals surface area (Å²) in [6.45, 7) is 0. The Balaban J connectivity index is 1.86. The monoisotopic (exact) mass is 231 g/mol. The summed E-state index contributed by atoms with van der Waals surface area (Å²) in [5.41, 5.74) is 8.58. The summed E-state index contributed by atoms with van der Waals surface area (Å²) >= 11 is 0. The molecule has 1 aromatic carbocycles. The van der Waals surface area contributed by atoms with Gasteiger partial charge < -0.3 is 0 Å². The molecular formula is C12H13N3O2. The molecule has 2 aliphatic carbocycles. The van der Waals surface area contributed by atoms with E-state index in [0.29, 0.717) is 5.92 Å². The van der Waals surface area contributed by atoms with Gasteiger partial charge in [-0.25, -0.2) is 5.53 Å². The number of non-ortho nitro benzene ring substituents is 1. The van der Waals surface area contributed by atoms with E-state index in [4.69, 9.17) is 5.53 Å². The molecule has 2 aliphatic rings. The second-order valence-corrected chi connectivity index (χ2v) is 5.08. The van der Waals surface area contributed by atoms with Crippen molar-refractivity contribution < 1.29 is 4.92 Å². The molecule has 88 valence electrons. The van der Waals surface area contributed by atoms with Crippen molar-refractivity contribution in [1.29, 1.82) is 5.53 Å². The van der Waals surface area contributed by atoms with Crippen molar-refractivity contribution in [3.05, 3.63) is 39.9 Å². The maximum atomic E-state index is 10.6. The normalized spacial score (nSPS) is 34.1. The van der Waals surface area contributed by atoms with E-state index in [1.54, 1.807) is 12.1 Å². The first-order valence-corrected chi connectivity index (χ1v) is 5.77. The molecule has 0 aromatic heterocycles. The standard InChI is InChI=1S/C12H13N3O2/c13-14-10-5-9-6-12(9,7-10)8-1-3-11(4-2-8)15(16)17/h1-4,9-10,13H,5-7H2. The number of nitro benzene ring substituents is 1. The van der Waals surface area contributed by atoms with Crippen LogP contribution in [-0.2, 0) is 5.41 Å². The third-order valence-electron chi connectivity index (χ3n) is 4.22. The fraction of sp³-hybridized carbons (Fsp3) is 0.500. The lowest BCUT2D eigenvalue weighted by molar-refractivity contribution is -0.384. The van der Waals surface area contributed by atoms with E-state index in [9.17, 15) is 10.1 Å². The van der Waals surface area contributed by atoms with Gasteiger partial charge in [-0.2, -0.15) is 5.11 Å². The molecule has 2 saturated carbocycles. The quantitative estimate of drug-likeness (QED) is 0.493. The van der Waals surface area contributed by atoms with Gasteiger partial charge in [-0.15, -0.1) is 0 Å². The second-order valence-electron chi connectivity index (χ2n) is 5.08. The maximum absolute atomic E-state index is 10.6. The van der Waals surface area contributed by atoms with Crippen molar-refractivity contribution in [2.45, 2.75) is 30.7 Å². The number of benzene rings is 1. The Hall–Kier alpha value is -1.78. The van der Waals surface area contributed by atoms with Crippen LogP contribution in [0.25, 0.3) is 0 Å². The second kappa shape index (κ2) is 3.35. The van der Waals surface area contributed by atoms with Gasteiger partial charge in [0.25, 0.3) is 5.69 Å². The molecule has 0 radical (unpaired) electrons. The number of nitrogens with zero attached hydrogens (tertiary/aromatic N) is 2. The number of rotatable bonds is 3. The number of fused-ring (bicyclic) bond motifs is 1. The predicted octanol–water partition coefficient (Wildman–Crippen LogP) is 3.05. The summed E-state index contributed by atoms with van der Waals surface area (Å²) in [7, 11) is 0. The highest BCUT2D eigenvalue weighted by molar-refractivity contribution is 5.42. The number of hydrogen-bond donors (Lipinski definition) is 1. The predicted molar refractivity (Wildman–Crippen MR) is 61.1 cm³/mol. The molecule has 5 heteroatoms. The van der Waals surface area contributed by atoms with Gasteiger partial charge in [0.1, 0.15) is 0 Å². The van der Waals surface area contributed by atoms with Crippen LogP contribution in [0.15, 0.2) is 29.4 Å². The topological polar surface area (TPSA) is 79.3 Å². The van der Waals surface area contributed by atoms with E-state index in [1.807, 2.05) is 12.1 Å². The average molecular weight is 231 g/mol. The summed E-state index contributed by atoms with van der Waals surface area (Å²) in [4.78, 5) is 10.2. The summed E-state index contributed by atoms with van der Waals surface area (Å²) in [5.74, 6) is 0.628. The van der Waals surface area contributed by atoms with Crippen LogP contribution in [0.5, 0.6) is 0 Å². The lowest BCUT2D eigenvalue weighted by atomic mass is 9.92. The Morgan fingerprint density at radius 3 is 2.59 bits per heavy atom. The molecule has 1 N–H and O–H groups in total. The molecule has 0 spiro atoms. The van der Waals surface area contributed by atoms with Crippen molar-refractivity contribution >= 4 is 5.69 Å². The third-order valence-corrected chi connectivity index (χ3v) is 4.22. The molecule has 3 atom stereocenters. The molecule has 1 aromatic rings. The van der Waals surface area contributed by atoms with Crippen LogP contribution in [0.1, 0.15) is 24.8 Å². The SMILES string of the molecule is N=NC1CC2CC2(c2ccc([N+](=O)[O-])cc2)C1. The Labute approximate surface area is 98.5 Å². The molecule has 5 nitrogen and oxygen atoms in total. The highest BCUT2D eigenvalue weighted by Crippen LogP contribution is 2.64. The van der Waals surface area contributed by atoms with Crippen molar-refractivity contribution in [3.8, 4) is 0 Å². The molecule has 3 rings (SSSR count). The van der Waals surface area contributed by atoms with Gasteiger partial charge in [0.15, 0.2) is 0 Å². The summed E-state index contributed by atoms with van der Waals surface area (Å²) in [6.07, 6.45) is 3.08. The van der Waals surface area contributed by atoms with E-state index in [2.05, 4.69) is 5.11 Å². The highest BCUT2D eigenvalue weighted by atomic mass is 16.6. The fourth-order valence-corrected chi connectivity index (χ4v) is 3.26. The minimum atomic E-state index is -0.373. The van der Waals surface area contributed by atoms with E-state index < -0.39 is 0 Å². The Morgan fingerprint density at radius 1 is 1.35 bits per heavy atom. The van der Waals surface area contributed by atoms with E-state index in [-0.39, 0.29) is 22.1 Å². The Bertz CT molecular complexity index is 485. The van der Waals surface area contributed by atoms with Gasteiger partial charge in [-0.05, 0) is 30.7 Å². The number of hydrogen-bond acceptors (Lipinski definition) is 4. The van der Waals surface area contributed by atoms with E-state index in [0.717, 1.165) is 19.3 Å². The van der Waals surface area contributed by atoms with Crippen molar-refractivity contribution in [2.75, 3.05) is 0 Å². The molecule has 17 heavy (non-hydrogen) atoms. The molecule has 0 saturated heterocycles. The van der Waals surface area contributed by atoms with Crippen LogP contribution in [0, 0.1) is 21.6 Å². The minimum absolute atomic E-state index is 0.141. The molecule has 3 unspecified atom stereocenters. The van der Waals surface area contributed by atoms with Gasteiger partial charge in [0.2, 0.25) is 0 Å². The van der Waals surface area contributed by atoms with Crippen LogP contribution >= 0.6 is 0 Å². The van der Waals surface area contributed by atoms with Crippen LogP contribution in [0.2, 0.25) is 0 Å². The van der Waals surface area contributed by atoms with Crippen LogP contribution < -0.4 is 0 Å². The first-order chi connectivity index (χ1) is 8.15. The van der Waals surface area contributed by atoms with Crippen LogP contribution in [-0.4, -0.2) is 11.0 Å². The first-order valence-electron chi connectivity index (χ1n) is 5.77. The maximum Gasteiger partial charge on any atom is 0.269 e. The van der Waals surface area contributed by atoms with E-state index >= 15 is 0 Å². The largest absolute Gasteiger partial charge is 0.269 e. The van der Waals surface area contributed by atoms with Gasteiger partial charge >= 0.3 is 0 Å². The van der Waals surface area contributed by atoms with Crippen LogP contribution in [0.3, 0.4) is 0 Å². The van der Waals surface area contributed by atoms with Gasteiger partial charge in [0.05, 0.1) is 11.0 Å². The smallest absolute Gasteiger partial charge is 0.258 e. The van der Waals surface area contributed by atoms with Crippen molar-refractivity contribution in [3.63, 3.8) is 0 Å². The Morgan fingerprint density at radius 2 is 2.06 bits per heavy atom. The molecule has 0 bridgehead atoms. The van der Waals surface area contributed by atoms with Gasteiger partial charge in [0, 0.05) is 17.5 Å². The summed E-state index contributed by atoms with van der Waals surface area (Å²) in [5, 5.41) is 14.2. The summed E-state index contributed by atoms with van der Waals surface area (Å²) < 4.78 is 0. The lowest BCUT2D eigenvalue weighted by Gasteiger charge is -2.13. The van der Waals surface area contributed by atoms with Gasteiger partial charge in [-0.3, -0.25) is 10.1 Å².